The molecule has 4 rings (SSSR count). The summed E-state index contributed by atoms with van der Waals surface area (Å²) < 4.78 is 28.2. The first-order valence-electron chi connectivity index (χ1n) is 12.7. The molecule has 0 radical (unpaired) electrons. The number of nitrogens with zero attached hydrogens (tertiary/aromatic N) is 2. The summed E-state index contributed by atoms with van der Waals surface area (Å²) >= 11 is 5.99. The summed E-state index contributed by atoms with van der Waals surface area (Å²) in [6, 6.07) is 26.9. The number of nitrogens with one attached hydrogen (secondary N) is 2. The van der Waals surface area contributed by atoms with Crippen LogP contribution >= 0.6 is 11.6 Å². The number of rotatable bonds is 9. The molecule has 0 saturated carbocycles. The van der Waals surface area contributed by atoms with Gasteiger partial charge in [0, 0.05) is 16.3 Å². The van der Waals surface area contributed by atoms with Crippen molar-refractivity contribution < 1.29 is 18.0 Å². The number of carbonyl (C=O) groups excluding carboxylic acids is 2. The van der Waals surface area contributed by atoms with Gasteiger partial charge in [-0.3, -0.25) is 13.9 Å². The van der Waals surface area contributed by atoms with Crippen molar-refractivity contribution in [3.05, 3.63) is 124 Å². The average Bonchev–Trinajstić information content (AvgIpc) is 2.95. The van der Waals surface area contributed by atoms with Crippen LogP contribution in [0.25, 0.3) is 0 Å². The van der Waals surface area contributed by atoms with Crippen molar-refractivity contribution in [1.29, 1.82) is 0 Å². The highest BCUT2D eigenvalue weighted by Gasteiger charge is 2.28. The number of hydrogen-bond acceptors (Lipinski definition) is 5. The van der Waals surface area contributed by atoms with Crippen molar-refractivity contribution in [2.45, 2.75) is 25.7 Å². The van der Waals surface area contributed by atoms with E-state index in [-0.39, 0.29) is 10.8 Å². The first kappa shape index (κ1) is 29.5. The van der Waals surface area contributed by atoms with Gasteiger partial charge in [-0.15, -0.1) is 0 Å². The Bertz CT molecular complexity index is 1720. The van der Waals surface area contributed by atoms with Crippen LogP contribution in [0.2, 0.25) is 5.02 Å². The van der Waals surface area contributed by atoms with Gasteiger partial charge in [-0.25, -0.2) is 13.8 Å². The average molecular weight is 589 g/mol. The number of carbonyl (C=O) groups is 2. The molecule has 4 aromatic rings. The summed E-state index contributed by atoms with van der Waals surface area (Å²) in [6.07, 6.45) is 0. The fraction of sp³-hybridized carbons (Fsp3) is 0.129. The Morgan fingerprint density at radius 2 is 1.56 bits per heavy atom. The van der Waals surface area contributed by atoms with Gasteiger partial charge in [0.05, 0.1) is 16.3 Å². The third kappa shape index (κ3) is 7.39. The predicted octanol–water partition coefficient (Wildman–Crippen LogP) is 5.94. The Labute approximate surface area is 244 Å². The van der Waals surface area contributed by atoms with E-state index in [1.54, 1.807) is 92.7 Å². The van der Waals surface area contributed by atoms with Gasteiger partial charge in [-0.1, -0.05) is 65.7 Å². The number of sulfonamides is 1. The van der Waals surface area contributed by atoms with E-state index >= 15 is 0 Å². The maximum absolute atomic E-state index is 13.6. The molecule has 0 aromatic heterocycles. The smallest absolute Gasteiger partial charge is 0.264 e. The molecule has 0 unspecified atom stereocenters. The van der Waals surface area contributed by atoms with Crippen molar-refractivity contribution in [2.75, 3.05) is 16.2 Å². The number of hydrazone groups is 1. The third-order valence-electron chi connectivity index (χ3n) is 6.21. The van der Waals surface area contributed by atoms with Gasteiger partial charge in [0.25, 0.3) is 21.8 Å². The van der Waals surface area contributed by atoms with Gasteiger partial charge < -0.3 is 5.32 Å². The zero-order valence-corrected chi connectivity index (χ0v) is 24.3. The zero-order chi connectivity index (χ0) is 29.6. The van der Waals surface area contributed by atoms with Crippen molar-refractivity contribution in [3.63, 3.8) is 0 Å². The molecule has 0 saturated heterocycles. The second-order valence-electron chi connectivity index (χ2n) is 9.39. The second-order valence-corrected chi connectivity index (χ2v) is 11.7. The van der Waals surface area contributed by atoms with E-state index in [9.17, 15) is 18.0 Å². The molecular weight excluding hydrogens is 560 g/mol. The maximum Gasteiger partial charge on any atom is 0.264 e. The van der Waals surface area contributed by atoms with E-state index in [0.29, 0.717) is 38.8 Å². The van der Waals surface area contributed by atoms with Crippen LogP contribution in [0, 0.1) is 13.8 Å². The highest BCUT2D eigenvalue weighted by atomic mass is 35.5. The van der Waals surface area contributed by atoms with Crippen LogP contribution in [-0.4, -0.2) is 32.5 Å². The van der Waals surface area contributed by atoms with Crippen LogP contribution in [0.4, 0.5) is 11.4 Å². The van der Waals surface area contributed by atoms with Crippen LogP contribution in [-0.2, 0) is 14.8 Å². The Morgan fingerprint density at radius 1 is 0.854 bits per heavy atom. The fourth-order valence-electron chi connectivity index (χ4n) is 4.14. The van der Waals surface area contributed by atoms with Gasteiger partial charge in [0.1, 0.15) is 6.54 Å². The van der Waals surface area contributed by atoms with Gasteiger partial charge in [-0.2, -0.15) is 5.10 Å². The Balaban J connectivity index is 1.52. The Morgan fingerprint density at radius 3 is 2.27 bits per heavy atom. The molecule has 2 N–H and O–H groups in total. The van der Waals surface area contributed by atoms with E-state index in [1.807, 2.05) is 13.0 Å². The molecule has 0 heterocycles. The van der Waals surface area contributed by atoms with Crippen LogP contribution in [0.5, 0.6) is 0 Å². The summed E-state index contributed by atoms with van der Waals surface area (Å²) in [4.78, 5) is 25.7. The first-order valence-corrected chi connectivity index (χ1v) is 14.5. The second kappa shape index (κ2) is 12.8. The zero-order valence-electron chi connectivity index (χ0n) is 22.8. The summed E-state index contributed by atoms with van der Waals surface area (Å²) in [5.74, 6) is -0.937. The lowest BCUT2D eigenvalue weighted by molar-refractivity contribution is -0.119. The molecule has 0 aliphatic rings. The van der Waals surface area contributed by atoms with Crippen molar-refractivity contribution in [1.82, 2.24) is 5.43 Å². The van der Waals surface area contributed by atoms with Crippen molar-refractivity contribution >= 4 is 50.5 Å². The predicted molar refractivity (Wildman–Crippen MR) is 163 cm³/mol. The number of halogens is 1. The van der Waals surface area contributed by atoms with Crippen LogP contribution in [0.15, 0.2) is 107 Å². The topological polar surface area (TPSA) is 108 Å². The lowest BCUT2D eigenvalue weighted by Gasteiger charge is -2.25. The van der Waals surface area contributed by atoms with Crippen molar-refractivity contribution in [2.24, 2.45) is 5.10 Å². The van der Waals surface area contributed by atoms with Gasteiger partial charge in [-0.05, 0) is 80.4 Å². The van der Waals surface area contributed by atoms with Gasteiger partial charge in [0.2, 0.25) is 0 Å². The minimum atomic E-state index is -4.04. The molecule has 4 aromatic carbocycles. The van der Waals surface area contributed by atoms with Crippen molar-refractivity contribution in [3.8, 4) is 0 Å². The number of anilines is 2. The maximum atomic E-state index is 13.6. The van der Waals surface area contributed by atoms with Gasteiger partial charge >= 0.3 is 0 Å². The quantitative estimate of drug-likeness (QED) is 0.186. The summed E-state index contributed by atoms with van der Waals surface area (Å²) in [7, 11) is -4.04. The summed E-state index contributed by atoms with van der Waals surface area (Å²) in [5.41, 5.74) is 6.61. The van der Waals surface area contributed by atoms with Crippen LogP contribution in [0.1, 0.15) is 34.0 Å². The standard InChI is InChI=1S/C31H29ClN4O4S/c1-21-15-16-29(22(2)17-21)36(41(39,40)28-13-5-4-6-14-28)20-30(37)35-34-23(3)24-9-8-12-27(19-24)33-31(38)25-10-7-11-26(32)18-25/h4-19H,20H2,1-3H3,(H,33,38)(H,35,37)/b34-23-. The molecule has 0 aliphatic carbocycles. The highest BCUT2D eigenvalue weighted by Crippen LogP contribution is 2.27. The molecule has 2 amide bonds. The summed E-state index contributed by atoms with van der Waals surface area (Å²) in [5, 5.41) is 7.46. The van der Waals surface area contributed by atoms with Crippen LogP contribution < -0.4 is 15.0 Å². The third-order valence-corrected chi connectivity index (χ3v) is 8.22. The van der Waals surface area contributed by atoms with Gasteiger partial charge in [0.15, 0.2) is 0 Å². The molecule has 0 aliphatic heterocycles. The lowest BCUT2D eigenvalue weighted by atomic mass is 10.1. The monoisotopic (exact) mass is 588 g/mol. The van der Waals surface area contributed by atoms with E-state index in [2.05, 4.69) is 15.8 Å². The van der Waals surface area contributed by atoms with E-state index in [0.717, 1.165) is 9.87 Å². The SMILES string of the molecule is C/C(=N/NC(=O)CN(c1ccc(C)cc1C)S(=O)(=O)c1ccccc1)c1cccc(NC(=O)c2cccc(Cl)c2)c1. The van der Waals surface area contributed by atoms with E-state index in [1.165, 1.54) is 12.1 Å². The molecule has 0 spiro atoms. The largest absolute Gasteiger partial charge is 0.322 e. The van der Waals surface area contributed by atoms with E-state index < -0.39 is 22.5 Å². The van der Waals surface area contributed by atoms with Crippen LogP contribution in [0.3, 0.4) is 0 Å². The lowest BCUT2D eigenvalue weighted by Crippen LogP contribution is -2.40. The molecule has 0 fully saturated rings. The Hall–Kier alpha value is -4.47. The number of amides is 2. The first-order chi connectivity index (χ1) is 19.5. The molecule has 0 atom stereocenters. The minimum absolute atomic E-state index is 0.0732. The molecule has 210 valence electrons. The molecule has 10 heteroatoms. The number of hydrogen-bond donors (Lipinski definition) is 2. The molecule has 0 bridgehead atoms. The molecule has 8 nitrogen and oxygen atoms in total. The minimum Gasteiger partial charge on any atom is -0.322 e. The molecule has 41 heavy (non-hydrogen) atoms. The number of aryl methyl sites for hydroxylation is 2. The normalized spacial score (nSPS) is 11.6. The number of benzene rings is 4. The molecular formula is C31H29ClN4O4S. The Kier molecular flexibility index (Phi) is 9.21. The fourth-order valence-corrected chi connectivity index (χ4v) is 5.83. The highest BCUT2D eigenvalue weighted by molar-refractivity contribution is 7.92. The summed E-state index contributed by atoms with van der Waals surface area (Å²) in [6.45, 7) is 4.93. The van der Waals surface area contributed by atoms with E-state index in [4.69, 9.17) is 11.6 Å².